The molecular formula is C23H24N2O3. The van der Waals surface area contributed by atoms with E-state index >= 15 is 0 Å². The lowest BCUT2D eigenvalue weighted by Crippen LogP contribution is -2.50. The van der Waals surface area contributed by atoms with Crippen molar-refractivity contribution in [1.82, 2.24) is 4.90 Å². The van der Waals surface area contributed by atoms with Crippen LogP contribution in [0.25, 0.3) is 11.1 Å². The number of aliphatic carboxylic acids is 1. The summed E-state index contributed by atoms with van der Waals surface area (Å²) < 4.78 is 0. The first-order valence-corrected chi connectivity index (χ1v) is 10.1. The Balaban J connectivity index is 1.40. The molecule has 1 saturated heterocycles. The van der Waals surface area contributed by atoms with E-state index in [2.05, 4.69) is 24.3 Å². The van der Waals surface area contributed by atoms with Crippen molar-refractivity contribution in [2.45, 2.75) is 50.2 Å². The van der Waals surface area contributed by atoms with Crippen LogP contribution in [0, 0.1) is 0 Å². The van der Waals surface area contributed by atoms with E-state index in [9.17, 15) is 14.7 Å². The molecular weight excluding hydrogens is 352 g/mol. The van der Waals surface area contributed by atoms with Crippen molar-refractivity contribution in [2.75, 3.05) is 11.4 Å². The molecule has 2 heterocycles. The van der Waals surface area contributed by atoms with Crippen molar-refractivity contribution in [3.8, 4) is 11.1 Å². The van der Waals surface area contributed by atoms with Gasteiger partial charge in [-0.25, -0.2) is 0 Å². The van der Waals surface area contributed by atoms with Crippen molar-refractivity contribution in [1.29, 1.82) is 0 Å². The number of carboxylic acids is 1. The maximum absolute atomic E-state index is 13.4. The van der Waals surface area contributed by atoms with Crippen LogP contribution in [0.5, 0.6) is 0 Å². The summed E-state index contributed by atoms with van der Waals surface area (Å²) in [7, 11) is 0. The van der Waals surface area contributed by atoms with E-state index in [0.717, 1.165) is 24.9 Å². The smallest absolute Gasteiger partial charge is 0.320 e. The van der Waals surface area contributed by atoms with E-state index < -0.39 is 12.0 Å². The van der Waals surface area contributed by atoms with E-state index in [4.69, 9.17) is 0 Å². The zero-order valence-corrected chi connectivity index (χ0v) is 15.8. The molecule has 1 amide bonds. The molecule has 0 radical (unpaired) electrons. The molecule has 28 heavy (non-hydrogen) atoms. The van der Waals surface area contributed by atoms with Crippen LogP contribution >= 0.6 is 0 Å². The SMILES string of the molecule is O=C(O)C1CCC(C(=O)N2CCc3cc(-c4ccccc4)ccc32)N1C1CC1. The Morgan fingerprint density at radius 1 is 0.893 bits per heavy atom. The van der Waals surface area contributed by atoms with E-state index in [0.29, 0.717) is 19.4 Å². The number of amides is 1. The van der Waals surface area contributed by atoms with Gasteiger partial charge >= 0.3 is 5.97 Å². The molecule has 2 aromatic carbocycles. The zero-order valence-electron chi connectivity index (χ0n) is 15.8. The number of anilines is 1. The van der Waals surface area contributed by atoms with E-state index in [1.807, 2.05) is 34.1 Å². The molecule has 5 rings (SSSR count). The van der Waals surface area contributed by atoms with E-state index in [1.54, 1.807) is 0 Å². The maximum Gasteiger partial charge on any atom is 0.320 e. The molecule has 2 atom stereocenters. The Kier molecular flexibility index (Phi) is 4.20. The summed E-state index contributed by atoms with van der Waals surface area (Å²) >= 11 is 0. The number of carbonyl (C=O) groups excluding carboxylic acids is 1. The molecule has 2 unspecified atom stereocenters. The Hall–Kier alpha value is -2.66. The minimum absolute atomic E-state index is 0.0712. The van der Waals surface area contributed by atoms with Crippen LogP contribution in [0.15, 0.2) is 48.5 Å². The Morgan fingerprint density at radius 3 is 2.36 bits per heavy atom. The normalized spacial score (nSPS) is 24.4. The van der Waals surface area contributed by atoms with Gasteiger partial charge in [-0.15, -0.1) is 0 Å². The third kappa shape index (κ3) is 2.90. The molecule has 5 nitrogen and oxygen atoms in total. The molecule has 1 N–H and O–H groups in total. The highest BCUT2D eigenvalue weighted by atomic mass is 16.4. The minimum atomic E-state index is -0.795. The average molecular weight is 376 g/mol. The van der Waals surface area contributed by atoms with Gasteiger partial charge in [0.2, 0.25) is 5.91 Å². The van der Waals surface area contributed by atoms with Crippen LogP contribution < -0.4 is 4.90 Å². The number of hydrogen-bond acceptors (Lipinski definition) is 3. The lowest BCUT2D eigenvalue weighted by molar-refractivity contribution is -0.143. The first kappa shape index (κ1) is 17.4. The third-order valence-corrected chi connectivity index (χ3v) is 6.32. The largest absolute Gasteiger partial charge is 0.480 e. The van der Waals surface area contributed by atoms with Gasteiger partial charge in [0.15, 0.2) is 0 Å². The van der Waals surface area contributed by atoms with E-state index in [-0.39, 0.29) is 18.0 Å². The highest BCUT2D eigenvalue weighted by Gasteiger charge is 2.49. The van der Waals surface area contributed by atoms with Gasteiger partial charge in [-0.1, -0.05) is 36.4 Å². The van der Waals surface area contributed by atoms with Gasteiger partial charge in [-0.2, -0.15) is 0 Å². The number of fused-ring (bicyclic) bond motifs is 1. The molecule has 5 heteroatoms. The second-order valence-corrected chi connectivity index (χ2v) is 8.07. The Bertz CT molecular complexity index is 923. The molecule has 2 fully saturated rings. The fourth-order valence-corrected chi connectivity index (χ4v) is 4.84. The molecule has 2 aromatic rings. The van der Waals surface area contributed by atoms with Crippen molar-refractivity contribution < 1.29 is 14.7 Å². The van der Waals surface area contributed by atoms with Crippen LogP contribution in [0.1, 0.15) is 31.2 Å². The van der Waals surface area contributed by atoms with Gasteiger partial charge in [-0.05, 0) is 60.9 Å². The topological polar surface area (TPSA) is 60.9 Å². The predicted octanol–water partition coefficient (Wildman–Crippen LogP) is 3.32. The number of likely N-dealkylation sites (tertiary alicyclic amines) is 1. The van der Waals surface area contributed by atoms with Crippen molar-refractivity contribution in [3.05, 3.63) is 54.1 Å². The number of benzene rings is 2. The zero-order chi connectivity index (χ0) is 19.3. The number of hydrogen-bond donors (Lipinski definition) is 1. The third-order valence-electron chi connectivity index (χ3n) is 6.32. The number of carboxylic acid groups (broad SMARTS) is 1. The quantitative estimate of drug-likeness (QED) is 0.889. The molecule has 1 saturated carbocycles. The molecule has 0 spiro atoms. The van der Waals surface area contributed by atoms with Crippen molar-refractivity contribution in [2.24, 2.45) is 0 Å². The summed E-state index contributed by atoms with van der Waals surface area (Å²) in [5.41, 5.74) is 4.52. The van der Waals surface area contributed by atoms with E-state index in [1.165, 1.54) is 16.7 Å². The number of nitrogens with zero attached hydrogens (tertiary/aromatic N) is 2. The first-order valence-electron chi connectivity index (χ1n) is 10.1. The van der Waals surface area contributed by atoms with Crippen molar-refractivity contribution in [3.63, 3.8) is 0 Å². The molecule has 0 bridgehead atoms. The highest BCUT2D eigenvalue weighted by Crippen LogP contribution is 2.40. The summed E-state index contributed by atoms with van der Waals surface area (Å²) in [5.74, 6) is -0.724. The fourth-order valence-electron chi connectivity index (χ4n) is 4.84. The fraction of sp³-hybridized carbons (Fsp3) is 0.391. The van der Waals surface area contributed by atoms with Crippen molar-refractivity contribution >= 4 is 17.6 Å². The Morgan fingerprint density at radius 2 is 1.64 bits per heavy atom. The first-order chi connectivity index (χ1) is 13.6. The summed E-state index contributed by atoms with van der Waals surface area (Å²) in [4.78, 5) is 28.9. The number of carbonyl (C=O) groups is 2. The lowest BCUT2D eigenvalue weighted by Gasteiger charge is -2.30. The van der Waals surface area contributed by atoms with Crippen LogP contribution in [0.3, 0.4) is 0 Å². The second kappa shape index (κ2) is 6.74. The molecule has 144 valence electrons. The van der Waals surface area contributed by atoms with Crippen LogP contribution in [0.4, 0.5) is 5.69 Å². The van der Waals surface area contributed by atoms with Gasteiger partial charge in [0.05, 0.1) is 6.04 Å². The van der Waals surface area contributed by atoms with Crippen LogP contribution in [-0.2, 0) is 16.0 Å². The average Bonchev–Trinajstić information content (AvgIpc) is 3.31. The van der Waals surface area contributed by atoms with Crippen LogP contribution in [0.2, 0.25) is 0 Å². The molecule has 2 aliphatic heterocycles. The number of rotatable bonds is 4. The summed E-state index contributed by atoms with van der Waals surface area (Å²) in [6, 6.07) is 16.0. The summed E-state index contributed by atoms with van der Waals surface area (Å²) in [6.45, 7) is 0.680. The van der Waals surface area contributed by atoms with Gasteiger partial charge in [0.1, 0.15) is 6.04 Å². The summed E-state index contributed by atoms with van der Waals surface area (Å²) in [5, 5.41) is 9.56. The monoisotopic (exact) mass is 376 g/mol. The molecule has 1 aliphatic carbocycles. The maximum atomic E-state index is 13.4. The Labute approximate surface area is 164 Å². The summed E-state index contributed by atoms with van der Waals surface area (Å²) in [6.07, 6.45) is 4.06. The second-order valence-electron chi connectivity index (χ2n) is 8.07. The van der Waals surface area contributed by atoms with Gasteiger partial charge in [0.25, 0.3) is 0 Å². The minimum Gasteiger partial charge on any atom is -0.480 e. The van der Waals surface area contributed by atoms with Gasteiger partial charge in [-0.3, -0.25) is 14.5 Å². The molecule has 0 aromatic heterocycles. The van der Waals surface area contributed by atoms with Crippen LogP contribution in [-0.4, -0.2) is 46.6 Å². The highest BCUT2D eigenvalue weighted by molar-refractivity contribution is 6.00. The van der Waals surface area contributed by atoms with Gasteiger partial charge < -0.3 is 10.0 Å². The lowest BCUT2D eigenvalue weighted by atomic mass is 10.0. The molecule has 3 aliphatic rings. The van der Waals surface area contributed by atoms with Gasteiger partial charge in [0, 0.05) is 18.3 Å². The predicted molar refractivity (Wildman–Crippen MR) is 107 cm³/mol. The standard InChI is InChI=1S/C23H24N2O3/c26-22(20-10-11-21(23(27)28)25(20)18-7-8-18)24-13-12-17-14-16(6-9-19(17)24)15-4-2-1-3-5-15/h1-6,9,14,18,20-21H,7-8,10-13H2,(H,27,28).